The van der Waals surface area contributed by atoms with Crippen molar-refractivity contribution in [2.45, 2.75) is 52.6 Å². The number of fused-ring (bicyclic) bond motifs is 2. The van der Waals surface area contributed by atoms with Crippen LogP contribution in [0.15, 0.2) is 48.7 Å². The van der Waals surface area contributed by atoms with Crippen molar-refractivity contribution < 1.29 is 4.79 Å². The van der Waals surface area contributed by atoms with Crippen molar-refractivity contribution in [2.24, 2.45) is 0 Å². The van der Waals surface area contributed by atoms with Crippen molar-refractivity contribution in [3.8, 4) is 11.4 Å². The average molecular weight is 414 g/mol. The second-order valence-corrected chi connectivity index (χ2v) is 8.23. The van der Waals surface area contributed by atoms with Gasteiger partial charge in [-0.15, -0.1) is 10.2 Å². The highest BCUT2D eigenvalue weighted by molar-refractivity contribution is 6.13. The summed E-state index contributed by atoms with van der Waals surface area (Å²) in [5.74, 6) is 1.85. The number of para-hydroxylation sites is 1. The van der Waals surface area contributed by atoms with Gasteiger partial charge in [-0.3, -0.25) is 4.79 Å². The van der Waals surface area contributed by atoms with E-state index in [4.69, 9.17) is 0 Å². The van der Waals surface area contributed by atoms with Gasteiger partial charge in [0, 0.05) is 47.9 Å². The van der Waals surface area contributed by atoms with Crippen LogP contribution in [0.4, 0.5) is 5.69 Å². The summed E-state index contributed by atoms with van der Waals surface area (Å²) in [6, 6.07) is 14.2. The zero-order chi connectivity index (χ0) is 21.4. The fourth-order valence-corrected chi connectivity index (χ4v) is 4.47. The number of nitrogens with one attached hydrogen (secondary N) is 1. The molecule has 0 atom stereocenters. The number of hydrogen-bond acceptors (Lipinski definition) is 3. The highest BCUT2D eigenvalue weighted by Gasteiger charge is 2.19. The zero-order valence-corrected chi connectivity index (χ0v) is 18.1. The van der Waals surface area contributed by atoms with Gasteiger partial charge < -0.3 is 14.5 Å². The summed E-state index contributed by atoms with van der Waals surface area (Å²) in [7, 11) is 0. The van der Waals surface area contributed by atoms with Crippen LogP contribution in [0, 0.1) is 6.92 Å². The Morgan fingerprint density at radius 1 is 1.10 bits per heavy atom. The summed E-state index contributed by atoms with van der Waals surface area (Å²) in [5, 5.41) is 13.0. The number of amides is 1. The van der Waals surface area contributed by atoms with E-state index in [9.17, 15) is 4.79 Å². The molecule has 31 heavy (non-hydrogen) atoms. The van der Waals surface area contributed by atoms with Crippen LogP contribution in [0.2, 0.25) is 0 Å². The van der Waals surface area contributed by atoms with Gasteiger partial charge in [-0.05, 0) is 44.4 Å². The number of rotatable bonds is 4. The molecule has 3 heterocycles. The van der Waals surface area contributed by atoms with E-state index in [-0.39, 0.29) is 5.91 Å². The molecule has 1 amide bonds. The first-order valence-corrected chi connectivity index (χ1v) is 11.1. The Kier molecular flexibility index (Phi) is 5.06. The lowest BCUT2D eigenvalue weighted by Crippen LogP contribution is -2.13. The van der Waals surface area contributed by atoms with Crippen molar-refractivity contribution in [3.63, 3.8) is 0 Å². The molecule has 1 aliphatic rings. The second kappa shape index (κ2) is 8.02. The van der Waals surface area contributed by atoms with Crippen LogP contribution in [0.3, 0.4) is 0 Å². The minimum atomic E-state index is -0.0938. The first-order valence-electron chi connectivity index (χ1n) is 11.1. The third kappa shape index (κ3) is 3.52. The molecule has 0 saturated heterocycles. The smallest absolute Gasteiger partial charge is 0.257 e. The number of nitrogens with zero attached hydrogens (tertiary/aromatic N) is 4. The lowest BCUT2D eigenvalue weighted by Gasteiger charge is -2.12. The molecule has 6 nitrogen and oxygen atoms in total. The average Bonchev–Trinajstić information content (AvgIpc) is 3.28. The molecule has 0 aliphatic carbocycles. The Hall–Kier alpha value is -3.41. The molecule has 1 aliphatic heterocycles. The monoisotopic (exact) mass is 413 g/mol. The van der Waals surface area contributed by atoms with Gasteiger partial charge in [-0.1, -0.05) is 36.8 Å². The maximum Gasteiger partial charge on any atom is 0.257 e. The molecule has 6 heteroatoms. The van der Waals surface area contributed by atoms with E-state index in [1.54, 1.807) is 0 Å². The normalized spacial score (nSPS) is 13.7. The maximum absolute atomic E-state index is 13.2. The third-order valence-electron chi connectivity index (χ3n) is 6.23. The molecule has 0 spiro atoms. The van der Waals surface area contributed by atoms with Crippen LogP contribution in [0.5, 0.6) is 0 Å². The number of aromatic nitrogens is 4. The Morgan fingerprint density at radius 3 is 2.84 bits per heavy atom. The minimum Gasteiger partial charge on any atom is -0.347 e. The predicted molar refractivity (Wildman–Crippen MR) is 123 cm³/mol. The molecule has 0 fully saturated rings. The van der Waals surface area contributed by atoms with Gasteiger partial charge in [-0.2, -0.15) is 0 Å². The summed E-state index contributed by atoms with van der Waals surface area (Å²) in [4.78, 5) is 13.2. The standard InChI is InChI=1S/C25H27N5O/c1-3-29-16-20(19-9-6-7-10-22(19)29)25(31)26-21-15-18(13-12-17(21)2)24-28-27-23-11-5-4-8-14-30(23)24/h6-7,9-10,12-13,15-16H,3-5,8,11,14H2,1-2H3,(H,26,31). The van der Waals surface area contributed by atoms with Crippen LogP contribution in [-0.4, -0.2) is 25.2 Å². The first kappa shape index (κ1) is 19.5. The number of anilines is 1. The lowest BCUT2D eigenvalue weighted by molar-refractivity contribution is 0.102. The highest BCUT2D eigenvalue weighted by Crippen LogP contribution is 2.28. The van der Waals surface area contributed by atoms with Crippen LogP contribution in [0.25, 0.3) is 22.3 Å². The molecule has 0 saturated carbocycles. The Bertz CT molecular complexity index is 1270. The van der Waals surface area contributed by atoms with Crippen molar-refractivity contribution >= 4 is 22.5 Å². The SMILES string of the molecule is CCn1cc(C(=O)Nc2cc(-c3nnc4n3CCCCC4)ccc2C)c2ccccc21. The molecule has 0 bridgehead atoms. The number of carbonyl (C=O) groups excluding carboxylic acids is 1. The summed E-state index contributed by atoms with van der Waals surface area (Å²) >= 11 is 0. The molecule has 4 aromatic rings. The molecule has 5 rings (SSSR count). The molecular formula is C25H27N5O. The van der Waals surface area contributed by atoms with Gasteiger partial charge in [-0.25, -0.2) is 0 Å². The second-order valence-electron chi connectivity index (χ2n) is 8.23. The van der Waals surface area contributed by atoms with E-state index in [1.165, 1.54) is 12.8 Å². The molecule has 2 aromatic heterocycles. The van der Waals surface area contributed by atoms with Crippen LogP contribution in [0.1, 0.15) is 47.9 Å². The predicted octanol–water partition coefficient (Wildman–Crippen LogP) is 5.21. The van der Waals surface area contributed by atoms with E-state index >= 15 is 0 Å². The molecule has 1 N–H and O–H groups in total. The Balaban J connectivity index is 1.49. The Morgan fingerprint density at radius 2 is 1.97 bits per heavy atom. The molecular weight excluding hydrogens is 386 g/mol. The lowest BCUT2D eigenvalue weighted by atomic mass is 10.1. The zero-order valence-electron chi connectivity index (χ0n) is 18.1. The molecule has 158 valence electrons. The van der Waals surface area contributed by atoms with Crippen molar-refractivity contribution in [2.75, 3.05) is 5.32 Å². The van der Waals surface area contributed by atoms with Gasteiger partial charge in [0.2, 0.25) is 0 Å². The Labute approximate surface area is 181 Å². The fourth-order valence-electron chi connectivity index (χ4n) is 4.47. The minimum absolute atomic E-state index is 0.0938. The maximum atomic E-state index is 13.2. The largest absolute Gasteiger partial charge is 0.347 e. The first-order chi connectivity index (χ1) is 15.2. The summed E-state index contributed by atoms with van der Waals surface area (Å²) in [6.45, 7) is 5.87. The molecule has 0 radical (unpaired) electrons. The van der Waals surface area contributed by atoms with E-state index in [0.717, 1.165) is 65.3 Å². The number of aryl methyl sites for hydroxylation is 3. The van der Waals surface area contributed by atoms with E-state index in [0.29, 0.717) is 5.56 Å². The summed E-state index contributed by atoms with van der Waals surface area (Å²) < 4.78 is 4.34. The number of hydrogen-bond donors (Lipinski definition) is 1. The van der Waals surface area contributed by atoms with E-state index in [1.807, 2.05) is 43.5 Å². The highest BCUT2D eigenvalue weighted by atomic mass is 16.1. The van der Waals surface area contributed by atoms with Gasteiger partial charge in [0.05, 0.1) is 5.56 Å². The van der Waals surface area contributed by atoms with Crippen LogP contribution >= 0.6 is 0 Å². The van der Waals surface area contributed by atoms with E-state index < -0.39 is 0 Å². The quantitative estimate of drug-likeness (QED) is 0.500. The van der Waals surface area contributed by atoms with Crippen molar-refractivity contribution in [1.29, 1.82) is 0 Å². The summed E-state index contributed by atoms with van der Waals surface area (Å²) in [5.41, 5.74) is 4.58. The van der Waals surface area contributed by atoms with Crippen molar-refractivity contribution in [3.05, 3.63) is 65.6 Å². The topological polar surface area (TPSA) is 64.7 Å². The number of carbonyl (C=O) groups is 1. The fraction of sp³-hybridized carbons (Fsp3) is 0.320. The van der Waals surface area contributed by atoms with Crippen LogP contribution < -0.4 is 5.32 Å². The summed E-state index contributed by atoms with van der Waals surface area (Å²) in [6.07, 6.45) is 6.46. The molecule has 0 unspecified atom stereocenters. The van der Waals surface area contributed by atoms with Gasteiger partial charge in [0.15, 0.2) is 5.82 Å². The van der Waals surface area contributed by atoms with Gasteiger partial charge in [0.25, 0.3) is 5.91 Å². The van der Waals surface area contributed by atoms with Gasteiger partial charge >= 0.3 is 0 Å². The third-order valence-corrected chi connectivity index (χ3v) is 6.23. The van der Waals surface area contributed by atoms with Crippen LogP contribution in [-0.2, 0) is 19.5 Å². The van der Waals surface area contributed by atoms with Crippen molar-refractivity contribution in [1.82, 2.24) is 19.3 Å². The van der Waals surface area contributed by atoms with E-state index in [2.05, 4.69) is 43.7 Å². The van der Waals surface area contributed by atoms with Gasteiger partial charge in [0.1, 0.15) is 5.82 Å². The molecule has 2 aromatic carbocycles. The number of benzene rings is 2.